The second kappa shape index (κ2) is 3.74. The maximum atomic E-state index is 11.6. The molecule has 1 aromatic rings. The summed E-state index contributed by atoms with van der Waals surface area (Å²) < 4.78 is 15.4. The number of hydrogen-bond acceptors (Lipinski definition) is 4. The van der Waals surface area contributed by atoms with Crippen LogP contribution in [0.5, 0.6) is 5.75 Å². The van der Waals surface area contributed by atoms with Crippen LogP contribution < -0.4 is 4.74 Å². The maximum absolute atomic E-state index is 11.6. The van der Waals surface area contributed by atoms with Crippen molar-refractivity contribution in [1.82, 2.24) is 0 Å². The zero-order valence-electron chi connectivity index (χ0n) is 10.4. The molecule has 0 amide bonds. The van der Waals surface area contributed by atoms with E-state index in [4.69, 9.17) is 14.2 Å². The largest absolute Gasteiger partial charge is 0.497 e. The van der Waals surface area contributed by atoms with Crippen molar-refractivity contribution in [3.63, 3.8) is 0 Å². The van der Waals surface area contributed by atoms with Crippen molar-refractivity contribution in [3.8, 4) is 5.75 Å². The van der Waals surface area contributed by atoms with Gasteiger partial charge in [0, 0.05) is 0 Å². The van der Waals surface area contributed by atoms with E-state index in [2.05, 4.69) is 0 Å². The van der Waals surface area contributed by atoms with Gasteiger partial charge in [0.1, 0.15) is 11.4 Å². The highest BCUT2D eigenvalue weighted by molar-refractivity contribution is 5.84. The minimum atomic E-state index is -0.893. The lowest BCUT2D eigenvalue weighted by Crippen LogP contribution is -2.29. The molecule has 1 aliphatic heterocycles. The Kier molecular flexibility index (Phi) is 2.62. The summed E-state index contributed by atoms with van der Waals surface area (Å²) in [5.41, 5.74) is -0.575. The van der Waals surface area contributed by atoms with Crippen LogP contribution in [-0.2, 0) is 19.9 Å². The number of carbonyl (C=O) groups is 1. The molecule has 0 spiro atoms. The summed E-state index contributed by atoms with van der Waals surface area (Å²) in [5, 5.41) is 0. The Balaban J connectivity index is 2.27. The highest BCUT2D eigenvalue weighted by Crippen LogP contribution is 2.56. The highest BCUT2D eigenvalue weighted by atomic mass is 16.7. The molecule has 0 N–H and O–H groups in total. The normalized spacial score (nSPS) is 30.8. The van der Waals surface area contributed by atoms with E-state index >= 15 is 0 Å². The lowest BCUT2D eigenvalue weighted by atomic mass is 9.89. The lowest BCUT2D eigenvalue weighted by Gasteiger charge is -2.11. The number of benzene rings is 1. The number of epoxide rings is 1. The summed E-state index contributed by atoms with van der Waals surface area (Å²) in [5.74, 6) is 0.425. The van der Waals surface area contributed by atoms with Crippen LogP contribution >= 0.6 is 0 Å². The molecule has 1 heterocycles. The first-order chi connectivity index (χ1) is 7.98. The number of carbonyl (C=O) groups excluding carboxylic acids is 1. The number of hydrogen-bond donors (Lipinski definition) is 0. The molecule has 4 nitrogen and oxygen atoms in total. The molecule has 4 heteroatoms. The topological polar surface area (TPSA) is 48.1 Å². The van der Waals surface area contributed by atoms with Gasteiger partial charge in [-0.3, -0.25) is 0 Å². The van der Waals surface area contributed by atoms with Gasteiger partial charge in [0.25, 0.3) is 0 Å². The van der Waals surface area contributed by atoms with Gasteiger partial charge in [-0.05, 0) is 31.5 Å². The van der Waals surface area contributed by atoms with Crippen molar-refractivity contribution in [2.45, 2.75) is 25.0 Å². The Morgan fingerprint density at radius 1 is 1.18 bits per heavy atom. The zero-order chi connectivity index (χ0) is 12.7. The molecule has 1 saturated heterocycles. The fourth-order valence-electron chi connectivity index (χ4n) is 2.06. The van der Waals surface area contributed by atoms with Crippen LogP contribution in [0.4, 0.5) is 0 Å². The molecule has 0 radical (unpaired) electrons. The molecule has 17 heavy (non-hydrogen) atoms. The first-order valence-corrected chi connectivity index (χ1v) is 5.41. The summed E-state index contributed by atoms with van der Waals surface area (Å²) in [6.07, 6.45) is 0. The first-order valence-electron chi connectivity index (χ1n) is 5.41. The molecule has 1 fully saturated rings. The average Bonchev–Trinajstić information content (AvgIpc) is 2.94. The molecular weight excluding hydrogens is 220 g/mol. The molecule has 2 rings (SSSR count). The predicted molar refractivity (Wildman–Crippen MR) is 61.9 cm³/mol. The maximum Gasteiger partial charge on any atom is 0.341 e. The first kappa shape index (κ1) is 11.9. The van der Waals surface area contributed by atoms with Gasteiger partial charge in [0.05, 0.1) is 14.2 Å². The predicted octanol–water partition coefficient (Wildman–Crippen LogP) is 1.87. The van der Waals surface area contributed by atoms with Gasteiger partial charge in [0.15, 0.2) is 5.60 Å². The van der Waals surface area contributed by atoms with Crippen molar-refractivity contribution in [2.24, 2.45) is 0 Å². The van der Waals surface area contributed by atoms with Gasteiger partial charge in [-0.15, -0.1) is 0 Å². The Labute approximate surface area is 100 Å². The summed E-state index contributed by atoms with van der Waals surface area (Å²) >= 11 is 0. The molecule has 0 saturated carbocycles. The molecular formula is C13H16O4. The summed E-state index contributed by atoms with van der Waals surface area (Å²) in [7, 11) is 2.98. The molecule has 1 aromatic carbocycles. The van der Waals surface area contributed by atoms with Crippen LogP contribution in [-0.4, -0.2) is 25.8 Å². The van der Waals surface area contributed by atoms with Gasteiger partial charge in [-0.1, -0.05) is 12.1 Å². The number of ether oxygens (including phenoxy) is 3. The zero-order valence-corrected chi connectivity index (χ0v) is 10.4. The van der Waals surface area contributed by atoms with E-state index in [-0.39, 0.29) is 5.97 Å². The Morgan fingerprint density at radius 2 is 1.76 bits per heavy atom. The highest BCUT2D eigenvalue weighted by Gasteiger charge is 2.70. The van der Waals surface area contributed by atoms with Crippen LogP contribution in [0.15, 0.2) is 24.3 Å². The van der Waals surface area contributed by atoms with Gasteiger partial charge in [-0.25, -0.2) is 4.79 Å². The van der Waals surface area contributed by atoms with Crippen LogP contribution in [0.1, 0.15) is 19.4 Å². The third-order valence-corrected chi connectivity index (χ3v) is 3.49. The minimum absolute atomic E-state index is 0.351. The van der Waals surface area contributed by atoms with Crippen LogP contribution in [0, 0.1) is 0 Å². The van der Waals surface area contributed by atoms with Crippen molar-refractivity contribution >= 4 is 5.97 Å². The van der Waals surface area contributed by atoms with E-state index in [0.717, 1.165) is 11.3 Å². The fourth-order valence-corrected chi connectivity index (χ4v) is 2.06. The molecule has 0 aliphatic carbocycles. The SMILES string of the molecule is COC(=O)C1(C)OC1(C)c1ccc(OC)cc1. The van der Waals surface area contributed by atoms with Gasteiger partial charge < -0.3 is 14.2 Å². The van der Waals surface area contributed by atoms with Gasteiger partial charge in [0.2, 0.25) is 0 Å². The van der Waals surface area contributed by atoms with E-state index in [1.165, 1.54) is 7.11 Å². The summed E-state index contributed by atoms with van der Waals surface area (Å²) in [6.45, 7) is 3.62. The Hall–Kier alpha value is -1.55. The van der Waals surface area contributed by atoms with E-state index in [1.807, 2.05) is 31.2 Å². The van der Waals surface area contributed by atoms with E-state index in [9.17, 15) is 4.79 Å². The standard InChI is InChI=1S/C13H16O4/c1-12(13(2,17-12)11(14)16-4)9-5-7-10(15-3)8-6-9/h5-8H,1-4H3. The summed E-state index contributed by atoms with van der Waals surface area (Å²) in [4.78, 5) is 11.6. The number of rotatable bonds is 3. The van der Waals surface area contributed by atoms with Crippen molar-refractivity contribution in [1.29, 1.82) is 0 Å². The van der Waals surface area contributed by atoms with Crippen molar-refractivity contribution < 1.29 is 19.0 Å². The molecule has 92 valence electrons. The number of esters is 1. The van der Waals surface area contributed by atoms with Gasteiger partial charge >= 0.3 is 5.97 Å². The summed E-state index contributed by atoms with van der Waals surface area (Å²) in [6, 6.07) is 7.49. The molecule has 1 aliphatic rings. The third kappa shape index (κ3) is 1.60. The minimum Gasteiger partial charge on any atom is -0.497 e. The molecule has 0 aromatic heterocycles. The molecule has 2 atom stereocenters. The van der Waals surface area contributed by atoms with Crippen LogP contribution in [0.25, 0.3) is 0 Å². The monoisotopic (exact) mass is 236 g/mol. The van der Waals surface area contributed by atoms with Crippen molar-refractivity contribution in [3.05, 3.63) is 29.8 Å². The van der Waals surface area contributed by atoms with Gasteiger partial charge in [-0.2, -0.15) is 0 Å². The van der Waals surface area contributed by atoms with E-state index < -0.39 is 11.2 Å². The lowest BCUT2D eigenvalue weighted by molar-refractivity contribution is -0.146. The number of methoxy groups -OCH3 is 2. The second-order valence-corrected chi connectivity index (χ2v) is 4.39. The third-order valence-electron chi connectivity index (χ3n) is 3.49. The smallest absolute Gasteiger partial charge is 0.341 e. The molecule has 2 unspecified atom stereocenters. The van der Waals surface area contributed by atoms with Crippen LogP contribution in [0.2, 0.25) is 0 Å². The average molecular weight is 236 g/mol. The van der Waals surface area contributed by atoms with E-state index in [0.29, 0.717) is 0 Å². The fraction of sp³-hybridized carbons (Fsp3) is 0.462. The molecule has 0 bridgehead atoms. The van der Waals surface area contributed by atoms with E-state index in [1.54, 1.807) is 14.0 Å². The quantitative estimate of drug-likeness (QED) is 0.594. The Bertz CT molecular complexity index is 439. The van der Waals surface area contributed by atoms with Crippen LogP contribution in [0.3, 0.4) is 0 Å². The second-order valence-electron chi connectivity index (χ2n) is 4.39. The van der Waals surface area contributed by atoms with Crippen molar-refractivity contribution in [2.75, 3.05) is 14.2 Å². The Morgan fingerprint density at radius 3 is 2.24 bits per heavy atom.